The second-order valence-corrected chi connectivity index (χ2v) is 7.22. The maximum absolute atomic E-state index is 13.0. The van der Waals surface area contributed by atoms with Crippen molar-refractivity contribution in [1.29, 1.82) is 0 Å². The number of nitrogens with one attached hydrogen (secondary N) is 1. The number of hydrogen-bond acceptors (Lipinski definition) is 5. The fourth-order valence-electron chi connectivity index (χ4n) is 3.70. The van der Waals surface area contributed by atoms with Gasteiger partial charge >= 0.3 is 0 Å². The van der Waals surface area contributed by atoms with Crippen LogP contribution in [0.15, 0.2) is 55.1 Å². The van der Waals surface area contributed by atoms with Crippen molar-refractivity contribution in [3.05, 3.63) is 60.7 Å². The van der Waals surface area contributed by atoms with Gasteiger partial charge in [-0.25, -0.2) is 0 Å². The lowest BCUT2D eigenvalue weighted by Gasteiger charge is -2.34. The van der Waals surface area contributed by atoms with Gasteiger partial charge in [0.05, 0.1) is 0 Å². The molecule has 2 aliphatic rings. The Morgan fingerprint density at radius 2 is 2.07 bits per heavy atom. The number of nitrogens with zero attached hydrogens (tertiary/aromatic N) is 1. The molecule has 0 unspecified atom stereocenters. The highest BCUT2D eigenvalue weighted by molar-refractivity contribution is 5.94. The number of anilines is 1. The van der Waals surface area contributed by atoms with Gasteiger partial charge in [-0.05, 0) is 43.2 Å². The number of hydrogen-bond donors (Lipinski definition) is 1. The molecule has 1 saturated heterocycles. The monoisotopic (exact) mass is 394 g/mol. The third-order valence-electron chi connectivity index (χ3n) is 5.07. The first-order valence-electron chi connectivity index (χ1n) is 10.0. The van der Waals surface area contributed by atoms with Crippen LogP contribution in [-0.2, 0) is 0 Å². The van der Waals surface area contributed by atoms with E-state index in [9.17, 15) is 4.79 Å². The Bertz CT molecular complexity index is 883. The molecule has 4 rings (SSSR count). The Morgan fingerprint density at radius 1 is 1.21 bits per heavy atom. The summed E-state index contributed by atoms with van der Waals surface area (Å²) < 4.78 is 16.8. The molecule has 29 heavy (non-hydrogen) atoms. The molecule has 2 heterocycles. The minimum absolute atomic E-state index is 0.0303. The lowest BCUT2D eigenvalue weighted by atomic mass is 10.0. The third kappa shape index (κ3) is 4.65. The maximum atomic E-state index is 13.0. The fourth-order valence-corrected chi connectivity index (χ4v) is 3.70. The number of amides is 1. The zero-order chi connectivity index (χ0) is 20.1. The van der Waals surface area contributed by atoms with Crippen molar-refractivity contribution in [2.24, 2.45) is 0 Å². The van der Waals surface area contributed by atoms with Crippen LogP contribution in [0.4, 0.5) is 5.69 Å². The fraction of sp³-hybridized carbons (Fsp3) is 0.348. The molecule has 6 heteroatoms. The predicted octanol–water partition coefficient (Wildman–Crippen LogP) is 3.74. The summed E-state index contributed by atoms with van der Waals surface area (Å²) >= 11 is 0. The lowest BCUT2D eigenvalue weighted by molar-refractivity contribution is 0.0714. The zero-order valence-corrected chi connectivity index (χ0v) is 16.4. The molecular weight excluding hydrogens is 368 g/mol. The Morgan fingerprint density at radius 3 is 2.93 bits per heavy atom. The molecule has 1 atom stereocenters. The smallest absolute Gasteiger partial charge is 0.254 e. The standard InChI is InChI=1S/C23H26N2O4/c1-2-11-27-20-7-3-5-17(14-20)23(26)25-10-4-6-19(16-25)24-18-8-9-21-22(15-18)29-13-12-28-21/h2-3,5,7-9,14-15,19,24H,1,4,6,10-13,16H2/t19-/m0/s1. The number of carbonyl (C=O) groups is 1. The molecule has 2 aromatic rings. The lowest BCUT2D eigenvalue weighted by Crippen LogP contribution is -2.45. The molecule has 6 nitrogen and oxygen atoms in total. The molecule has 0 bridgehead atoms. The van der Waals surface area contributed by atoms with Gasteiger partial charge in [-0.1, -0.05) is 18.7 Å². The van der Waals surface area contributed by atoms with E-state index in [1.165, 1.54) is 0 Å². The van der Waals surface area contributed by atoms with E-state index >= 15 is 0 Å². The minimum Gasteiger partial charge on any atom is -0.490 e. The Balaban J connectivity index is 1.40. The molecule has 0 saturated carbocycles. The summed E-state index contributed by atoms with van der Waals surface area (Å²) in [6.07, 6.45) is 3.66. The van der Waals surface area contributed by atoms with Gasteiger partial charge in [0.2, 0.25) is 0 Å². The van der Waals surface area contributed by atoms with Gasteiger partial charge in [0, 0.05) is 36.4 Å². The van der Waals surface area contributed by atoms with Crippen molar-refractivity contribution in [3.8, 4) is 17.2 Å². The molecule has 2 aromatic carbocycles. The summed E-state index contributed by atoms with van der Waals surface area (Å²) in [5.74, 6) is 2.25. The van der Waals surface area contributed by atoms with Crippen LogP contribution in [0, 0.1) is 0 Å². The van der Waals surface area contributed by atoms with Gasteiger partial charge in [0.15, 0.2) is 11.5 Å². The molecule has 1 fully saturated rings. The molecule has 0 aliphatic carbocycles. The summed E-state index contributed by atoms with van der Waals surface area (Å²) in [6, 6.07) is 13.4. The average Bonchev–Trinajstić information content (AvgIpc) is 2.77. The van der Waals surface area contributed by atoms with Crippen LogP contribution in [0.5, 0.6) is 17.2 Å². The molecule has 0 aromatic heterocycles. The minimum atomic E-state index is 0.0303. The van der Waals surface area contributed by atoms with Crippen molar-refractivity contribution in [2.45, 2.75) is 18.9 Å². The van der Waals surface area contributed by atoms with Crippen LogP contribution in [0.3, 0.4) is 0 Å². The SMILES string of the molecule is C=CCOc1cccc(C(=O)N2CCC[C@H](Nc3ccc4c(c3)OCCO4)C2)c1. The quantitative estimate of drug-likeness (QED) is 0.757. The molecule has 2 aliphatic heterocycles. The highest BCUT2D eigenvalue weighted by atomic mass is 16.6. The number of carbonyl (C=O) groups excluding carboxylic acids is 1. The van der Waals surface area contributed by atoms with Crippen LogP contribution in [0.25, 0.3) is 0 Å². The van der Waals surface area contributed by atoms with Crippen molar-refractivity contribution in [1.82, 2.24) is 4.90 Å². The molecule has 0 spiro atoms. The molecule has 1 amide bonds. The van der Waals surface area contributed by atoms with Crippen molar-refractivity contribution >= 4 is 11.6 Å². The van der Waals surface area contributed by atoms with E-state index in [0.29, 0.717) is 37.7 Å². The van der Waals surface area contributed by atoms with E-state index in [0.717, 1.165) is 36.6 Å². The van der Waals surface area contributed by atoms with Crippen LogP contribution in [-0.4, -0.2) is 49.8 Å². The van der Waals surface area contributed by atoms with Crippen LogP contribution in [0.2, 0.25) is 0 Å². The highest BCUT2D eigenvalue weighted by Crippen LogP contribution is 2.33. The van der Waals surface area contributed by atoms with Crippen molar-refractivity contribution in [3.63, 3.8) is 0 Å². The van der Waals surface area contributed by atoms with Gasteiger partial charge in [0.1, 0.15) is 25.6 Å². The summed E-state index contributed by atoms with van der Waals surface area (Å²) in [5.41, 5.74) is 1.62. The number of fused-ring (bicyclic) bond motifs is 1. The van der Waals surface area contributed by atoms with E-state index in [-0.39, 0.29) is 11.9 Å². The topological polar surface area (TPSA) is 60.0 Å². The first kappa shape index (κ1) is 19.2. The predicted molar refractivity (Wildman–Crippen MR) is 112 cm³/mol. The van der Waals surface area contributed by atoms with Crippen LogP contribution in [0.1, 0.15) is 23.2 Å². The number of benzene rings is 2. The van der Waals surface area contributed by atoms with Gasteiger partial charge < -0.3 is 24.4 Å². The van der Waals surface area contributed by atoms with Crippen LogP contribution < -0.4 is 19.5 Å². The summed E-state index contributed by atoms with van der Waals surface area (Å²) in [4.78, 5) is 14.9. The van der Waals surface area contributed by atoms with E-state index in [1.807, 2.05) is 41.3 Å². The van der Waals surface area contributed by atoms with E-state index in [1.54, 1.807) is 12.1 Å². The number of rotatable bonds is 6. The first-order chi connectivity index (χ1) is 14.2. The van der Waals surface area contributed by atoms with Gasteiger partial charge in [0.25, 0.3) is 5.91 Å². The molecule has 1 N–H and O–H groups in total. The maximum Gasteiger partial charge on any atom is 0.254 e. The largest absolute Gasteiger partial charge is 0.490 e. The van der Waals surface area contributed by atoms with E-state index in [4.69, 9.17) is 14.2 Å². The van der Waals surface area contributed by atoms with Crippen LogP contribution >= 0.6 is 0 Å². The number of piperidine rings is 1. The average molecular weight is 394 g/mol. The summed E-state index contributed by atoms with van der Waals surface area (Å²) in [6.45, 7) is 6.64. The number of ether oxygens (including phenoxy) is 3. The second kappa shape index (κ2) is 8.90. The first-order valence-corrected chi connectivity index (χ1v) is 10.0. The molecule has 0 radical (unpaired) electrons. The highest BCUT2D eigenvalue weighted by Gasteiger charge is 2.25. The second-order valence-electron chi connectivity index (χ2n) is 7.22. The normalized spacial score (nSPS) is 18.1. The molecular formula is C23H26N2O4. The molecule has 152 valence electrons. The van der Waals surface area contributed by atoms with Gasteiger partial charge in [-0.15, -0.1) is 0 Å². The van der Waals surface area contributed by atoms with Gasteiger partial charge in [-0.2, -0.15) is 0 Å². The Hall–Kier alpha value is -3.15. The van der Waals surface area contributed by atoms with E-state index in [2.05, 4.69) is 11.9 Å². The van der Waals surface area contributed by atoms with Crippen molar-refractivity contribution in [2.75, 3.05) is 38.2 Å². The third-order valence-corrected chi connectivity index (χ3v) is 5.07. The van der Waals surface area contributed by atoms with Crippen molar-refractivity contribution < 1.29 is 19.0 Å². The summed E-state index contributed by atoms with van der Waals surface area (Å²) in [5, 5.41) is 3.54. The zero-order valence-electron chi connectivity index (χ0n) is 16.4. The van der Waals surface area contributed by atoms with E-state index < -0.39 is 0 Å². The number of likely N-dealkylation sites (tertiary alicyclic amines) is 1. The van der Waals surface area contributed by atoms with Gasteiger partial charge in [-0.3, -0.25) is 4.79 Å². The Kier molecular flexibility index (Phi) is 5.89. The Labute approximate surface area is 171 Å². The summed E-state index contributed by atoms with van der Waals surface area (Å²) in [7, 11) is 0.